The monoisotopic (exact) mass is 478 g/mol. The molecule has 1 heterocycles. The van der Waals surface area contributed by atoms with E-state index in [0.29, 0.717) is 31.5 Å². The van der Waals surface area contributed by atoms with Crippen molar-refractivity contribution in [3.05, 3.63) is 58.6 Å². The molecule has 0 saturated carbocycles. The van der Waals surface area contributed by atoms with Gasteiger partial charge in [-0.05, 0) is 74.4 Å². The van der Waals surface area contributed by atoms with Gasteiger partial charge in [0.1, 0.15) is 0 Å². The first-order valence-electron chi connectivity index (χ1n) is 9.40. The van der Waals surface area contributed by atoms with Gasteiger partial charge >= 0.3 is 5.51 Å². The van der Waals surface area contributed by atoms with Crippen LogP contribution in [0, 0.1) is 6.92 Å². The summed E-state index contributed by atoms with van der Waals surface area (Å²) in [6.07, 6.45) is 1.26. The fourth-order valence-electron chi connectivity index (χ4n) is 3.38. The second kappa shape index (κ2) is 9.48. The highest BCUT2D eigenvalue weighted by Crippen LogP contribution is 2.41. The zero-order valence-electron chi connectivity index (χ0n) is 16.2. The van der Waals surface area contributed by atoms with Crippen molar-refractivity contribution in [3.8, 4) is 0 Å². The summed E-state index contributed by atoms with van der Waals surface area (Å²) in [6.45, 7) is 3.21. The molecule has 0 unspecified atom stereocenters. The summed E-state index contributed by atoms with van der Waals surface area (Å²) in [5, 5.41) is 3.19. The lowest BCUT2D eigenvalue weighted by Gasteiger charge is -2.34. The van der Waals surface area contributed by atoms with Crippen molar-refractivity contribution in [2.24, 2.45) is 0 Å². The molecule has 0 amide bonds. The first-order valence-corrected chi connectivity index (χ1v) is 12.0. The number of nitrogens with zero attached hydrogens (tertiary/aromatic N) is 1. The lowest BCUT2D eigenvalue weighted by molar-refractivity contribution is -0.0328. The number of halogens is 4. The van der Waals surface area contributed by atoms with Crippen LogP contribution in [0.25, 0.3) is 0 Å². The second-order valence-corrected chi connectivity index (χ2v) is 10.6. The van der Waals surface area contributed by atoms with E-state index in [2.05, 4.69) is 5.32 Å². The Morgan fingerprint density at radius 2 is 1.77 bits per heavy atom. The normalized spacial score (nSPS) is 16.2. The molecule has 3 rings (SSSR count). The van der Waals surface area contributed by atoms with Crippen LogP contribution in [0.15, 0.2) is 52.3 Å². The maximum absolute atomic E-state index is 13.4. The van der Waals surface area contributed by atoms with E-state index in [1.165, 1.54) is 16.4 Å². The van der Waals surface area contributed by atoms with Crippen LogP contribution in [0.4, 0.5) is 13.2 Å². The van der Waals surface area contributed by atoms with Gasteiger partial charge in [-0.25, -0.2) is 8.42 Å². The van der Waals surface area contributed by atoms with E-state index in [1.807, 2.05) is 6.92 Å². The molecule has 10 heteroatoms. The van der Waals surface area contributed by atoms with Gasteiger partial charge < -0.3 is 5.32 Å². The molecule has 1 aliphatic rings. The summed E-state index contributed by atoms with van der Waals surface area (Å²) in [7, 11) is -3.83. The number of sulfonamides is 1. The van der Waals surface area contributed by atoms with Crippen LogP contribution >= 0.6 is 23.4 Å². The number of hydrogen-bond acceptors (Lipinski definition) is 4. The van der Waals surface area contributed by atoms with Crippen molar-refractivity contribution in [1.82, 2.24) is 9.62 Å². The molecule has 164 valence electrons. The minimum Gasteiger partial charge on any atom is -0.317 e. The molecule has 4 nitrogen and oxygen atoms in total. The Kier molecular flexibility index (Phi) is 7.40. The summed E-state index contributed by atoms with van der Waals surface area (Å²) in [6, 6.07) is 10.6. The Balaban J connectivity index is 1.95. The van der Waals surface area contributed by atoms with Gasteiger partial charge in [0.2, 0.25) is 10.0 Å². The van der Waals surface area contributed by atoms with Crippen LogP contribution in [0.5, 0.6) is 0 Å². The fourth-order valence-corrected chi connectivity index (χ4v) is 5.91. The third-order valence-corrected chi connectivity index (χ3v) is 8.05. The van der Waals surface area contributed by atoms with E-state index in [-0.39, 0.29) is 39.2 Å². The molecule has 0 aromatic heterocycles. The number of rotatable bonds is 6. The van der Waals surface area contributed by atoms with E-state index in [9.17, 15) is 21.6 Å². The number of piperidine rings is 1. The van der Waals surface area contributed by atoms with Crippen LogP contribution in [0.3, 0.4) is 0 Å². The van der Waals surface area contributed by atoms with Crippen molar-refractivity contribution in [2.75, 3.05) is 13.1 Å². The molecule has 2 aromatic rings. The molecular formula is C20H22ClF3N2O2S2. The number of aryl methyl sites for hydroxylation is 1. The molecule has 0 bridgehead atoms. The molecular weight excluding hydrogens is 457 g/mol. The highest BCUT2D eigenvalue weighted by molar-refractivity contribution is 8.00. The van der Waals surface area contributed by atoms with Gasteiger partial charge in [0.15, 0.2) is 0 Å². The SMILES string of the molecule is Cc1ccc(S(=O)(=O)N(Cc2ccc(Cl)c(SC(F)(F)F)c2)C2CCNCC2)cc1. The van der Waals surface area contributed by atoms with Crippen LogP contribution < -0.4 is 5.32 Å². The van der Waals surface area contributed by atoms with Crippen molar-refractivity contribution < 1.29 is 21.6 Å². The van der Waals surface area contributed by atoms with Crippen molar-refractivity contribution in [1.29, 1.82) is 0 Å². The van der Waals surface area contributed by atoms with Crippen molar-refractivity contribution >= 4 is 33.4 Å². The van der Waals surface area contributed by atoms with Crippen LogP contribution in [-0.4, -0.2) is 37.4 Å². The summed E-state index contributed by atoms with van der Waals surface area (Å²) < 4.78 is 66.8. The number of thioether (sulfide) groups is 1. The summed E-state index contributed by atoms with van der Waals surface area (Å²) >= 11 is 5.63. The number of nitrogens with one attached hydrogen (secondary N) is 1. The number of hydrogen-bond donors (Lipinski definition) is 1. The zero-order chi connectivity index (χ0) is 21.9. The lowest BCUT2D eigenvalue weighted by Crippen LogP contribution is -2.45. The van der Waals surface area contributed by atoms with E-state index in [1.54, 1.807) is 30.3 Å². The Bertz CT molecular complexity index is 977. The van der Waals surface area contributed by atoms with Crippen LogP contribution in [0.1, 0.15) is 24.0 Å². The third kappa shape index (κ3) is 5.91. The van der Waals surface area contributed by atoms with Gasteiger partial charge in [-0.15, -0.1) is 0 Å². The average Bonchev–Trinajstić information content (AvgIpc) is 2.68. The van der Waals surface area contributed by atoms with E-state index >= 15 is 0 Å². The number of benzene rings is 2. The highest BCUT2D eigenvalue weighted by atomic mass is 35.5. The molecule has 1 saturated heterocycles. The molecule has 1 N–H and O–H groups in total. The number of alkyl halides is 3. The topological polar surface area (TPSA) is 49.4 Å². The molecule has 0 atom stereocenters. The maximum Gasteiger partial charge on any atom is 0.446 e. The molecule has 0 spiro atoms. The van der Waals surface area contributed by atoms with E-state index in [4.69, 9.17) is 11.6 Å². The first kappa shape index (κ1) is 23.4. The Morgan fingerprint density at radius 3 is 2.37 bits per heavy atom. The standard InChI is InChI=1S/C20H22ClF3N2O2S2/c1-14-2-5-17(6-3-14)30(27,28)26(16-8-10-25-11-9-16)13-15-4-7-18(21)19(12-15)29-20(22,23)24/h2-7,12,16,25H,8-11,13H2,1H3. The first-order chi connectivity index (χ1) is 14.1. The molecule has 0 aliphatic carbocycles. The van der Waals surface area contributed by atoms with Gasteiger partial charge in [-0.1, -0.05) is 35.4 Å². The van der Waals surface area contributed by atoms with E-state index in [0.717, 1.165) is 5.56 Å². The summed E-state index contributed by atoms with van der Waals surface area (Å²) in [5.41, 5.74) is -3.08. The molecule has 1 aliphatic heterocycles. The average molecular weight is 479 g/mol. The predicted molar refractivity (Wildman–Crippen MR) is 113 cm³/mol. The van der Waals surface area contributed by atoms with Crippen LogP contribution in [0.2, 0.25) is 5.02 Å². The molecule has 1 fully saturated rings. The van der Waals surface area contributed by atoms with Gasteiger partial charge in [0.25, 0.3) is 0 Å². The Labute approximate surface area is 183 Å². The quantitative estimate of drug-likeness (QED) is 0.579. The summed E-state index contributed by atoms with van der Waals surface area (Å²) in [5.74, 6) is 0. The minimum absolute atomic E-state index is 0.0177. The van der Waals surface area contributed by atoms with Gasteiger partial charge in [-0.3, -0.25) is 0 Å². The third-order valence-electron chi connectivity index (χ3n) is 4.90. The minimum atomic E-state index is -4.48. The Hall–Kier alpha value is -1.26. The largest absolute Gasteiger partial charge is 0.446 e. The maximum atomic E-state index is 13.4. The van der Waals surface area contributed by atoms with Gasteiger partial charge in [0, 0.05) is 17.5 Å². The molecule has 30 heavy (non-hydrogen) atoms. The molecule has 0 radical (unpaired) electrons. The fraction of sp³-hybridized carbons (Fsp3) is 0.400. The van der Waals surface area contributed by atoms with Crippen molar-refractivity contribution in [2.45, 2.75) is 47.7 Å². The van der Waals surface area contributed by atoms with Crippen molar-refractivity contribution in [3.63, 3.8) is 0 Å². The van der Waals surface area contributed by atoms with E-state index < -0.39 is 15.5 Å². The second-order valence-electron chi connectivity index (χ2n) is 7.16. The zero-order valence-corrected chi connectivity index (χ0v) is 18.6. The summed E-state index contributed by atoms with van der Waals surface area (Å²) in [4.78, 5) is 0.0325. The Morgan fingerprint density at radius 1 is 1.13 bits per heavy atom. The predicted octanol–water partition coefficient (Wildman–Crippen LogP) is 5.20. The van der Waals surface area contributed by atoms with Gasteiger partial charge in [0.05, 0.1) is 9.92 Å². The smallest absolute Gasteiger partial charge is 0.317 e. The van der Waals surface area contributed by atoms with Crippen LogP contribution in [-0.2, 0) is 16.6 Å². The lowest BCUT2D eigenvalue weighted by atomic mass is 10.1. The highest BCUT2D eigenvalue weighted by Gasteiger charge is 2.34. The van der Waals surface area contributed by atoms with Gasteiger partial charge in [-0.2, -0.15) is 17.5 Å². The molecule has 2 aromatic carbocycles.